The van der Waals surface area contributed by atoms with E-state index in [2.05, 4.69) is 15.1 Å². The molecule has 0 saturated carbocycles. The minimum Gasteiger partial charge on any atom is -0.454 e. The molecule has 1 saturated heterocycles. The van der Waals surface area contributed by atoms with Gasteiger partial charge in [0.2, 0.25) is 12.7 Å². The lowest BCUT2D eigenvalue weighted by Crippen LogP contribution is -2.52. The van der Waals surface area contributed by atoms with E-state index in [0.717, 1.165) is 22.6 Å². The first-order chi connectivity index (χ1) is 19.6. The van der Waals surface area contributed by atoms with Gasteiger partial charge in [-0.2, -0.15) is 0 Å². The number of carbonyl (C=O) groups is 2. The normalized spacial score (nSPS) is 14.2. The van der Waals surface area contributed by atoms with Crippen molar-refractivity contribution in [2.45, 2.75) is 6.54 Å². The first-order valence-electron chi connectivity index (χ1n) is 13.3. The van der Waals surface area contributed by atoms with E-state index in [9.17, 15) is 9.59 Å². The van der Waals surface area contributed by atoms with Crippen LogP contribution in [0.1, 0.15) is 15.9 Å². The molecular weight excluding hydrogens is 506 g/mol. The van der Waals surface area contributed by atoms with Crippen molar-refractivity contribution in [1.82, 2.24) is 20.0 Å². The zero-order valence-corrected chi connectivity index (χ0v) is 22.0. The number of amides is 2. The van der Waals surface area contributed by atoms with Crippen LogP contribution >= 0.6 is 0 Å². The second-order valence-electron chi connectivity index (χ2n) is 9.73. The number of aromatic nitrogens is 2. The van der Waals surface area contributed by atoms with Gasteiger partial charge in [0, 0.05) is 43.9 Å². The van der Waals surface area contributed by atoms with Crippen LogP contribution in [0, 0.1) is 0 Å². The average molecular weight is 536 g/mol. The second kappa shape index (κ2) is 11.4. The topological polar surface area (TPSA) is 88.1 Å². The molecule has 6 rings (SSSR count). The maximum atomic E-state index is 13.4. The molecular formula is C31H29N5O4. The molecule has 4 aromatic rings. The molecule has 2 aliphatic heterocycles. The summed E-state index contributed by atoms with van der Waals surface area (Å²) in [6, 6.07) is 28.5. The van der Waals surface area contributed by atoms with Gasteiger partial charge in [-0.25, -0.2) is 0 Å². The molecule has 1 fully saturated rings. The minimum absolute atomic E-state index is 0.0201. The Balaban J connectivity index is 1.11. The van der Waals surface area contributed by atoms with Gasteiger partial charge in [-0.15, -0.1) is 10.2 Å². The van der Waals surface area contributed by atoms with E-state index >= 15 is 0 Å². The summed E-state index contributed by atoms with van der Waals surface area (Å²) in [5.41, 5.74) is 3.25. The predicted molar refractivity (Wildman–Crippen MR) is 150 cm³/mol. The van der Waals surface area contributed by atoms with Crippen LogP contribution in [0.5, 0.6) is 11.5 Å². The van der Waals surface area contributed by atoms with Crippen LogP contribution in [0.4, 0.5) is 5.82 Å². The number of anilines is 1. The van der Waals surface area contributed by atoms with Gasteiger partial charge in [0.15, 0.2) is 17.3 Å². The Morgan fingerprint density at radius 2 is 1.50 bits per heavy atom. The lowest BCUT2D eigenvalue weighted by atomic mass is 10.1. The van der Waals surface area contributed by atoms with Crippen molar-refractivity contribution in [3.05, 3.63) is 102 Å². The Kier molecular flexibility index (Phi) is 7.26. The number of hydrogen-bond donors (Lipinski definition) is 0. The van der Waals surface area contributed by atoms with Crippen LogP contribution in [-0.2, 0) is 11.3 Å². The summed E-state index contributed by atoms with van der Waals surface area (Å²) in [4.78, 5) is 32.4. The predicted octanol–water partition coefficient (Wildman–Crippen LogP) is 3.86. The number of hydrogen-bond acceptors (Lipinski definition) is 7. The van der Waals surface area contributed by atoms with Crippen LogP contribution in [0.2, 0.25) is 0 Å². The van der Waals surface area contributed by atoms with Crippen LogP contribution in [0.25, 0.3) is 11.3 Å². The molecule has 1 aromatic heterocycles. The lowest BCUT2D eigenvalue weighted by Gasteiger charge is -2.36. The molecule has 9 heteroatoms. The molecule has 3 aromatic carbocycles. The van der Waals surface area contributed by atoms with E-state index < -0.39 is 0 Å². The number of piperazine rings is 1. The molecule has 202 valence electrons. The summed E-state index contributed by atoms with van der Waals surface area (Å²) in [7, 11) is 0. The molecule has 9 nitrogen and oxygen atoms in total. The number of benzene rings is 3. The fraction of sp³-hybridized carbons (Fsp3) is 0.226. The van der Waals surface area contributed by atoms with Crippen molar-refractivity contribution in [3.63, 3.8) is 0 Å². The zero-order chi connectivity index (χ0) is 27.3. The van der Waals surface area contributed by atoms with Crippen LogP contribution in [-0.4, -0.2) is 71.3 Å². The van der Waals surface area contributed by atoms with Crippen molar-refractivity contribution in [3.8, 4) is 22.8 Å². The highest BCUT2D eigenvalue weighted by Gasteiger charge is 2.26. The van der Waals surface area contributed by atoms with Gasteiger partial charge in [0.05, 0.1) is 5.69 Å². The number of carbonyl (C=O) groups excluding carboxylic acids is 2. The Morgan fingerprint density at radius 1 is 0.775 bits per heavy atom. The van der Waals surface area contributed by atoms with E-state index in [1.54, 1.807) is 17.0 Å². The maximum Gasteiger partial charge on any atom is 0.254 e. The van der Waals surface area contributed by atoms with Crippen molar-refractivity contribution >= 4 is 17.6 Å². The van der Waals surface area contributed by atoms with Crippen molar-refractivity contribution < 1.29 is 19.1 Å². The van der Waals surface area contributed by atoms with Gasteiger partial charge >= 0.3 is 0 Å². The van der Waals surface area contributed by atoms with Gasteiger partial charge in [-0.05, 0) is 42.0 Å². The van der Waals surface area contributed by atoms with Crippen LogP contribution in [0.3, 0.4) is 0 Å². The quantitative estimate of drug-likeness (QED) is 0.355. The monoisotopic (exact) mass is 535 g/mol. The van der Waals surface area contributed by atoms with E-state index in [0.29, 0.717) is 43.2 Å². The highest BCUT2D eigenvalue weighted by molar-refractivity contribution is 5.96. The van der Waals surface area contributed by atoms with E-state index in [-0.39, 0.29) is 31.7 Å². The van der Waals surface area contributed by atoms with Gasteiger partial charge in [-0.1, -0.05) is 54.6 Å². The van der Waals surface area contributed by atoms with Crippen LogP contribution in [0.15, 0.2) is 91.0 Å². The lowest BCUT2D eigenvalue weighted by molar-refractivity contribution is -0.132. The molecule has 0 bridgehead atoms. The largest absolute Gasteiger partial charge is 0.454 e. The number of ether oxygens (including phenoxy) is 2. The summed E-state index contributed by atoms with van der Waals surface area (Å²) in [5, 5.41) is 8.82. The van der Waals surface area contributed by atoms with Gasteiger partial charge in [0.1, 0.15) is 6.54 Å². The van der Waals surface area contributed by atoms with E-state index in [1.807, 2.05) is 83.8 Å². The highest BCUT2D eigenvalue weighted by atomic mass is 16.7. The Hall–Kier alpha value is -4.92. The summed E-state index contributed by atoms with van der Waals surface area (Å²) in [5.74, 6) is 1.83. The molecule has 40 heavy (non-hydrogen) atoms. The Labute approximate surface area is 232 Å². The highest BCUT2D eigenvalue weighted by Crippen LogP contribution is 2.33. The molecule has 3 heterocycles. The molecule has 0 atom stereocenters. The minimum atomic E-state index is -0.195. The van der Waals surface area contributed by atoms with Gasteiger partial charge < -0.3 is 24.2 Å². The molecule has 2 amide bonds. The molecule has 0 N–H and O–H groups in total. The fourth-order valence-corrected chi connectivity index (χ4v) is 4.93. The molecule has 0 unspecified atom stereocenters. The average Bonchev–Trinajstić information content (AvgIpc) is 3.49. The smallest absolute Gasteiger partial charge is 0.254 e. The molecule has 2 aliphatic rings. The van der Waals surface area contributed by atoms with Crippen molar-refractivity contribution in [2.24, 2.45) is 0 Å². The third-order valence-corrected chi connectivity index (χ3v) is 7.12. The van der Waals surface area contributed by atoms with Crippen LogP contribution < -0.4 is 14.4 Å². The van der Waals surface area contributed by atoms with E-state index in [1.165, 1.54) is 0 Å². The Morgan fingerprint density at radius 3 is 2.23 bits per heavy atom. The SMILES string of the molecule is O=C(CN(Cc1ccc2c(c1)OCO2)C(=O)c1ccccc1)N1CCN(c2ccc(-c3ccccc3)nn2)CC1. The van der Waals surface area contributed by atoms with Gasteiger partial charge in [0.25, 0.3) is 5.91 Å². The first kappa shape index (κ1) is 25.4. The standard InChI is InChI=1S/C31H29N5O4/c37-30(35-17-15-34(16-18-35)29-14-12-26(32-33-29)24-7-3-1-4-8-24)21-36(31(38)25-9-5-2-6-10-25)20-23-11-13-27-28(19-23)40-22-39-27/h1-14,19H,15-18,20-22H2. The molecule has 0 aliphatic carbocycles. The third kappa shape index (κ3) is 5.58. The number of rotatable bonds is 7. The second-order valence-corrected chi connectivity index (χ2v) is 9.73. The summed E-state index contributed by atoms with van der Waals surface area (Å²) >= 11 is 0. The number of nitrogens with zero attached hydrogens (tertiary/aromatic N) is 5. The molecule has 0 spiro atoms. The van der Waals surface area contributed by atoms with E-state index in [4.69, 9.17) is 9.47 Å². The summed E-state index contributed by atoms with van der Waals surface area (Å²) in [6.07, 6.45) is 0. The third-order valence-electron chi connectivity index (χ3n) is 7.12. The zero-order valence-electron chi connectivity index (χ0n) is 22.0. The summed E-state index contributed by atoms with van der Waals surface area (Å²) < 4.78 is 10.9. The molecule has 0 radical (unpaired) electrons. The Bertz CT molecular complexity index is 1470. The van der Waals surface area contributed by atoms with Gasteiger partial charge in [-0.3, -0.25) is 9.59 Å². The maximum absolute atomic E-state index is 13.4. The van der Waals surface area contributed by atoms with Crippen molar-refractivity contribution in [1.29, 1.82) is 0 Å². The summed E-state index contributed by atoms with van der Waals surface area (Å²) in [6.45, 7) is 2.79. The van der Waals surface area contributed by atoms with Crippen molar-refractivity contribution in [2.75, 3.05) is 44.4 Å². The number of fused-ring (bicyclic) bond motifs is 1. The first-order valence-corrected chi connectivity index (χ1v) is 13.3. The fourth-order valence-electron chi connectivity index (χ4n) is 4.93.